The Bertz CT molecular complexity index is 453. The zero-order chi connectivity index (χ0) is 11.3. The summed E-state index contributed by atoms with van der Waals surface area (Å²) in [6, 6.07) is 2.78. The molecule has 0 spiro atoms. The van der Waals surface area contributed by atoms with Crippen LogP contribution in [0.5, 0.6) is 0 Å². The Balaban J connectivity index is 3.27. The first-order chi connectivity index (χ1) is 7.20. The van der Waals surface area contributed by atoms with Crippen LogP contribution in [0.15, 0.2) is 12.1 Å². The van der Waals surface area contributed by atoms with Gasteiger partial charge in [-0.2, -0.15) is 0 Å². The lowest BCUT2D eigenvalue weighted by molar-refractivity contribution is -0.107. The normalized spacial score (nSPS) is 8.93. The molecule has 0 saturated heterocycles. The molecule has 0 bridgehead atoms. The van der Waals surface area contributed by atoms with Crippen LogP contribution in [-0.4, -0.2) is 12.6 Å². The van der Waals surface area contributed by atoms with Gasteiger partial charge in [0.2, 0.25) is 0 Å². The summed E-state index contributed by atoms with van der Waals surface area (Å²) >= 11 is 0. The first-order valence-electron chi connectivity index (χ1n) is 4.37. The SMILES string of the molecule is Cc1ccc(F)c(C=O)c1C#CCC=O. The van der Waals surface area contributed by atoms with Gasteiger partial charge >= 0.3 is 0 Å². The maximum absolute atomic E-state index is 13.2. The fraction of sp³-hybridized carbons (Fsp3) is 0.167. The highest BCUT2D eigenvalue weighted by molar-refractivity contribution is 5.80. The van der Waals surface area contributed by atoms with Crippen molar-refractivity contribution in [1.29, 1.82) is 0 Å². The van der Waals surface area contributed by atoms with Gasteiger partial charge in [-0.05, 0) is 18.6 Å². The molecule has 1 aromatic carbocycles. The molecule has 3 heteroatoms. The van der Waals surface area contributed by atoms with Crippen LogP contribution >= 0.6 is 0 Å². The van der Waals surface area contributed by atoms with Crippen LogP contribution in [0.4, 0.5) is 4.39 Å². The van der Waals surface area contributed by atoms with Gasteiger partial charge in [0.15, 0.2) is 6.29 Å². The molecule has 1 rings (SSSR count). The molecular weight excluding hydrogens is 195 g/mol. The van der Waals surface area contributed by atoms with Gasteiger partial charge in [-0.15, -0.1) is 0 Å². The second kappa shape index (κ2) is 5.06. The number of aryl methyl sites for hydroxylation is 1. The van der Waals surface area contributed by atoms with Crippen molar-refractivity contribution in [2.75, 3.05) is 0 Å². The van der Waals surface area contributed by atoms with Gasteiger partial charge in [0, 0.05) is 5.56 Å². The molecule has 1 aromatic rings. The zero-order valence-electron chi connectivity index (χ0n) is 8.21. The highest BCUT2D eigenvalue weighted by Gasteiger charge is 2.08. The second-order valence-corrected chi connectivity index (χ2v) is 2.94. The van der Waals surface area contributed by atoms with Crippen molar-refractivity contribution < 1.29 is 14.0 Å². The predicted molar refractivity (Wildman–Crippen MR) is 54.1 cm³/mol. The van der Waals surface area contributed by atoms with Gasteiger partial charge in [0.05, 0.1) is 12.0 Å². The minimum Gasteiger partial charge on any atom is -0.302 e. The van der Waals surface area contributed by atoms with Crippen molar-refractivity contribution in [3.05, 3.63) is 34.6 Å². The van der Waals surface area contributed by atoms with Crippen molar-refractivity contribution in [2.24, 2.45) is 0 Å². The number of aldehydes is 2. The Morgan fingerprint density at radius 3 is 2.73 bits per heavy atom. The van der Waals surface area contributed by atoms with E-state index in [9.17, 15) is 14.0 Å². The molecule has 0 atom stereocenters. The smallest absolute Gasteiger partial charge is 0.154 e. The topological polar surface area (TPSA) is 34.1 Å². The van der Waals surface area contributed by atoms with Crippen molar-refractivity contribution in [1.82, 2.24) is 0 Å². The van der Waals surface area contributed by atoms with E-state index in [0.29, 0.717) is 18.1 Å². The number of halogens is 1. The van der Waals surface area contributed by atoms with Crippen LogP contribution in [0.3, 0.4) is 0 Å². The summed E-state index contributed by atoms with van der Waals surface area (Å²) in [6.07, 6.45) is 1.17. The average Bonchev–Trinajstić information content (AvgIpc) is 2.23. The fourth-order valence-electron chi connectivity index (χ4n) is 1.17. The molecule has 0 aliphatic heterocycles. The lowest BCUT2D eigenvalue weighted by atomic mass is 10.0. The van der Waals surface area contributed by atoms with Gasteiger partial charge in [-0.1, -0.05) is 17.9 Å². The molecule has 2 nitrogen and oxygen atoms in total. The third-order valence-electron chi connectivity index (χ3n) is 1.92. The zero-order valence-corrected chi connectivity index (χ0v) is 8.21. The Labute approximate surface area is 87.1 Å². The minimum atomic E-state index is -0.592. The minimum absolute atomic E-state index is 0.0478. The lowest BCUT2D eigenvalue weighted by Gasteiger charge is -2.02. The quantitative estimate of drug-likeness (QED) is 0.544. The molecule has 0 amide bonds. The van der Waals surface area contributed by atoms with Gasteiger partial charge in [-0.25, -0.2) is 4.39 Å². The maximum Gasteiger partial charge on any atom is 0.154 e. The predicted octanol–water partition coefficient (Wildman–Crippen LogP) is 1.89. The highest BCUT2D eigenvalue weighted by Crippen LogP contribution is 2.15. The van der Waals surface area contributed by atoms with Gasteiger partial charge in [-0.3, -0.25) is 4.79 Å². The average molecular weight is 204 g/mol. The standard InChI is InChI=1S/C12H9FO2/c1-9-5-6-12(13)11(8-15)10(9)4-2-3-7-14/h5-8H,3H2,1H3. The summed E-state index contributed by atoms with van der Waals surface area (Å²) in [4.78, 5) is 20.7. The largest absolute Gasteiger partial charge is 0.302 e. The van der Waals surface area contributed by atoms with Crippen LogP contribution in [0, 0.1) is 24.6 Å². The fourth-order valence-corrected chi connectivity index (χ4v) is 1.17. The van der Waals surface area contributed by atoms with E-state index in [1.807, 2.05) is 0 Å². The summed E-state index contributed by atoms with van der Waals surface area (Å²) in [7, 11) is 0. The number of benzene rings is 1. The first-order valence-corrected chi connectivity index (χ1v) is 4.37. The Hall–Kier alpha value is -1.95. The third-order valence-corrected chi connectivity index (χ3v) is 1.92. The van der Waals surface area contributed by atoms with Crippen molar-refractivity contribution in [3.8, 4) is 11.8 Å². The summed E-state index contributed by atoms with van der Waals surface area (Å²) in [5.41, 5.74) is 1.03. The second-order valence-electron chi connectivity index (χ2n) is 2.94. The maximum atomic E-state index is 13.2. The molecule has 0 aliphatic carbocycles. The van der Waals surface area contributed by atoms with E-state index >= 15 is 0 Å². The molecule has 0 unspecified atom stereocenters. The van der Waals surface area contributed by atoms with E-state index in [1.165, 1.54) is 6.07 Å². The number of hydrogen-bond acceptors (Lipinski definition) is 2. The van der Waals surface area contributed by atoms with Crippen LogP contribution in [0.1, 0.15) is 27.9 Å². The Kier molecular flexibility index (Phi) is 3.75. The lowest BCUT2D eigenvalue weighted by Crippen LogP contribution is -1.96. The number of hydrogen-bond donors (Lipinski definition) is 0. The Morgan fingerprint density at radius 2 is 2.13 bits per heavy atom. The third kappa shape index (κ3) is 2.50. The number of carbonyl (C=O) groups is 2. The molecule has 15 heavy (non-hydrogen) atoms. The molecule has 0 fully saturated rings. The van der Waals surface area contributed by atoms with E-state index in [1.54, 1.807) is 13.0 Å². The number of carbonyl (C=O) groups excluding carboxylic acids is 2. The highest BCUT2D eigenvalue weighted by atomic mass is 19.1. The van der Waals surface area contributed by atoms with Gasteiger partial charge in [0.1, 0.15) is 12.1 Å². The summed E-state index contributed by atoms with van der Waals surface area (Å²) in [5.74, 6) is 4.58. The Morgan fingerprint density at radius 1 is 1.40 bits per heavy atom. The van der Waals surface area contributed by atoms with Gasteiger partial charge < -0.3 is 4.79 Å². The van der Waals surface area contributed by atoms with E-state index in [2.05, 4.69) is 11.8 Å². The molecule has 0 saturated carbocycles. The molecule has 0 aliphatic rings. The molecule has 0 heterocycles. The first kappa shape index (κ1) is 11.1. The number of rotatable bonds is 2. The van der Waals surface area contributed by atoms with Crippen molar-refractivity contribution in [2.45, 2.75) is 13.3 Å². The van der Waals surface area contributed by atoms with Crippen LogP contribution in [0.25, 0.3) is 0 Å². The van der Waals surface area contributed by atoms with Crippen LogP contribution in [-0.2, 0) is 4.79 Å². The van der Waals surface area contributed by atoms with E-state index < -0.39 is 5.82 Å². The molecule has 76 valence electrons. The van der Waals surface area contributed by atoms with Crippen LogP contribution in [0.2, 0.25) is 0 Å². The summed E-state index contributed by atoms with van der Waals surface area (Å²) < 4.78 is 13.2. The van der Waals surface area contributed by atoms with E-state index in [0.717, 1.165) is 5.56 Å². The van der Waals surface area contributed by atoms with Crippen molar-refractivity contribution >= 4 is 12.6 Å². The summed E-state index contributed by atoms with van der Waals surface area (Å²) in [6.45, 7) is 1.73. The van der Waals surface area contributed by atoms with Gasteiger partial charge in [0.25, 0.3) is 0 Å². The monoisotopic (exact) mass is 204 g/mol. The molecular formula is C12H9FO2. The van der Waals surface area contributed by atoms with Crippen LogP contribution < -0.4 is 0 Å². The molecule has 0 N–H and O–H groups in total. The summed E-state index contributed by atoms with van der Waals surface area (Å²) in [5, 5.41) is 0. The molecule has 0 radical (unpaired) electrons. The van der Waals surface area contributed by atoms with E-state index in [-0.39, 0.29) is 12.0 Å². The van der Waals surface area contributed by atoms with Crippen molar-refractivity contribution in [3.63, 3.8) is 0 Å². The molecule has 0 aromatic heterocycles. The van der Waals surface area contributed by atoms with E-state index in [4.69, 9.17) is 0 Å².